The lowest BCUT2D eigenvalue weighted by Crippen LogP contribution is -2.13. The van der Waals surface area contributed by atoms with E-state index in [2.05, 4.69) is 14.9 Å². The molecule has 90 valence electrons. The first-order valence-corrected chi connectivity index (χ1v) is 6.10. The summed E-state index contributed by atoms with van der Waals surface area (Å²) in [6.45, 7) is 0.901. The third-order valence-corrected chi connectivity index (χ3v) is 3.24. The number of hydrogen-bond acceptors (Lipinski definition) is 2. The van der Waals surface area contributed by atoms with Crippen molar-refractivity contribution in [1.82, 2.24) is 14.9 Å². The topological polar surface area (TPSA) is 29.9 Å². The standard InChI is InChI=1S/C13H16FN3/c1-15-7-6-13-16-11-5-2-9(14)8-12(11)17(13)10-3-4-10/h2,5,8,10,15H,3-4,6-7H2,1H3. The van der Waals surface area contributed by atoms with Crippen molar-refractivity contribution < 1.29 is 4.39 Å². The van der Waals surface area contributed by atoms with Crippen LogP contribution in [0.15, 0.2) is 18.2 Å². The predicted molar refractivity (Wildman–Crippen MR) is 65.6 cm³/mol. The predicted octanol–water partition coefficient (Wildman–Crippen LogP) is 2.27. The Kier molecular flexibility index (Phi) is 2.59. The summed E-state index contributed by atoms with van der Waals surface area (Å²) < 4.78 is 15.5. The van der Waals surface area contributed by atoms with E-state index in [1.165, 1.54) is 18.9 Å². The molecule has 1 aliphatic rings. The first-order valence-electron chi connectivity index (χ1n) is 6.10. The van der Waals surface area contributed by atoms with Crippen LogP contribution in [0.5, 0.6) is 0 Å². The number of nitrogens with one attached hydrogen (secondary N) is 1. The van der Waals surface area contributed by atoms with Crippen molar-refractivity contribution in [1.29, 1.82) is 0 Å². The number of fused-ring (bicyclic) bond motifs is 1. The van der Waals surface area contributed by atoms with Crippen LogP contribution in [0.3, 0.4) is 0 Å². The highest BCUT2D eigenvalue weighted by Gasteiger charge is 2.27. The molecule has 0 saturated heterocycles. The molecule has 1 aliphatic carbocycles. The van der Waals surface area contributed by atoms with Gasteiger partial charge in [0.15, 0.2) is 0 Å². The number of nitrogens with zero attached hydrogens (tertiary/aromatic N) is 2. The van der Waals surface area contributed by atoms with Gasteiger partial charge in [-0.3, -0.25) is 0 Å². The van der Waals surface area contributed by atoms with Crippen molar-refractivity contribution in [2.75, 3.05) is 13.6 Å². The number of hydrogen-bond donors (Lipinski definition) is 1. The van der Waals surface area contributed by atoms with Gasteiger partial charge in [-0.25, -0.2) is 9.37 Å². The summed E-state index contributed by atoms with van der Waals surface area (Å²) in [5, 5.41) is 3.13. The van der Waals surface area contributed by atoms with Crippen LogP contribution >= 0.6 is 0 Å². The Morgan fingerprint density at radius 3 is 3.00 bits per heavy atom. The van der Waals surface area contributed by atoms with E-state index in [9.17, 15) is 4.39 Å². The molecule has 1 aromatic heterocycles. The lowest BCUT2D eigenvalue weighted by molar-refractivity contribution is 0.626. The van der Waals surface area contributed by atoms with E-state index < -0.39 is 0 Å². The van der Waals surface area contributed by atoms with Crippen LogP contribution in [-0.2, 0) is 6.42 Å². The molecule has 3 nitrogen and oxygen atoms in total. The zero-order chi connectivity index (χ0) is 11.8. The average molecular weight is 233 g/mol. The summed E-state index contributed by atoms with van der Waals surface area (Å²) in [6, 6.07) is 5.39. The number of halogens is 1. The van der Waals surface area contributed by atoms with Gasteiger partial charge in [0.1, 0.15) is 11.6 Å². The highest BCUT2D eigenvalue weighted by Crippen LogP contribution is 2.38. The van der Waals surface area contributed by atoms with Crippen LogP contribution in [0, 0.1) is 5.82 Å². The molecule has 1 saturated carbocycles. The van der Waals surface area contributed by atoms with E-state index >= 15 is 0 Å². The van der Waals surface area contributed by atoms with Crippen LogP contribution < -0.4 is 5.32 Å². The second-order valence-corrected chi connectivity index (χ2v) is 4.62. The van der Waals surface area contributed by atoms with Gasteiger partial charge < -0.3 is 9.88 Å². The Labute approximate surface area is 99.7 Å². The molecule has 1 N–H and O–H groups in total. The lowest BCUT2D eigenvalue weighted by atomic mass is 10.3. The monoisotopic (exact) mass is 233 g/mol. The summed E-state index contributed by atoms with van der Waals surface area (Å²) >= 11 is 0. The second-order valence-electron chi connectivity index (χ2n) is 4.62. The van der Waals surface area contributed by atoms with Crippen molar-refractivity contribution in [2.45, 2.75) is 25.3 Å². The molecule has 3 rings (SSSR count). The van der Waals surface area contributed by atoms with E-state index in [4.69, 9.17) is 0 Å². The Morgan fingerprint density at radius 2 is 2.29 bits per heavy atom. The first-order chi connectivity index (χ1) is 8.29. The normalized spacial score (nSPS) is 15.6. The summed E-state index contributed by atoms with van der Waals surface area (Å²) in [4.78, 5) is 4.61. The van der Waals surface area contributed by atoms with Crippen LogP contribution in [0.25, 0.3) is 11.0 Å². The van der Waals surface area contributed by atoms with E-state index in [1.54, 1.807) is 12.1 Å². The van der Waals surface area contributed by atoms with Gasteiger partial charge >= 0.3 is 0 Å². The van der Waals surface area contributed by atoms with Gasteiger partial charge in [-0.1, -0.05) is 0 Å². The average Bonchev–Trinajstić information content (AvgIpc) is 3.08. The fourth-order valence-electron chi connectivity index (χ4n) is 2.27. The minimum Gasteiger partial charge on any atom is -0.325 e. The van der Waals surface area contributed by atoms with Crippen molar-refractivity contribution in [3.8, 4) is 0 Å². The molecular weight excluding hydrogens is 217 g/mol. The molecule has 0 radical (unpaired) electrons. The third-order valence-electron chi connectivity index (χ3n) is 3.24. The molecule has 0 atom stereocenters. The van der Waals surface area contributed by atoms with E-state index in [-0.39, 0.29) is 5.82 Å². The van der Waals surface area contributed by atoms with Gasteiger partial charge in [0, 0.05) is 19.0 Å². The first kappa shape index (κ1) is 10.7. The minimum absolute atomic E-state index is 0.181. The highest BCUT2D eigenvalue weighted by atomic mass is 19.1. The third kappa shape index (κ3) is 1.93. The fraction of sp³-hybridized carbons (Fsp3) is 0.462. The Bertz CT molecular complexity index is 543. The number of benzene rings is 1. The Morgan fingerprint density at radius 1 is 1.47 bits per heavy atom. The fourth-order valence-corrected chi connectivity index (χ4v) is 2.27. The van der Waals surface area contributed by atoms with Gasteiger partial charge in [0.2, 0.25) is 0 Å². The highest BCUT2D eigenvalue weighted by molar-refractivity contribution is 5.76. The van der Waals surface area contributed by atoms with Crippen molar-refractivity contribution >= 4 is 11.0 Å². The molecule has 0 bridgehead atoms. The minimum atomic E-state index is -0.181. The number of likely N-dealkylation sites (N-methyl/N-ethyl adjacent to an activating group) is 1. The summed E-state index contributed by atoms with van der Waals surface area (Å²) in [5.41, 5.74) is 1.85. The summed E-state index contributed by atoms with van der Waals surface area (Å²) in [5.74, 6) is 0.891. The second kappa shape index (κ2) is 4.11. The maximum absolute atomic E-state index is 13.3. The molecule has 1 aromatic carbocycles. The molecule has 1 heterocycles. The van der Waals surface area contributed by atoms with Gasteiger partial charge in [-0.15, -0.1) is 0 Å². The van der Waals surface area contributed by atoms with Crippen molar-refractivity contribution in [3.05, 3.63) is 29.8 Å². The Balaban J connectivity index is 2.10. The van der Waals surface area contributed by atoms with Gasteiger partial charge in [-0.05, 0) is 38.1 Å². The number of rotatable bonds is 4. The molecule has 0 unspecified atom stereocenters. The smallest absolute Gasteiger partial charge is 0.125 e. The number of imidazole rings is 1. The van der Waals surface area contributed by atoms with Crippen LogP contribution in [0.4, 0.5) is 4.39 Å². The molecule has 0 amide bonds. The van der Waals surface area contributed by atoms with Gasteiger partial charge in [0.05, 0.1) is 11.0 Å². The van der Waals surface area contributed by atoms with E-state index in [0.717, 1.165) is 29.8 Å². The van der Waals surface area contributed by atoms with Crippen LogP contribution in [-0.4, -0.2) is 23.1 Å². The molecule has 0 spiro atoms. The van der Waals surface area contributed by atoms with Crippen LogP contribution in [0.2, 0.25) is 0 Å². The van der Waals surface area contributed by atoms with Crippen LogP contribution in [0.1, 0.15) is 24.7 Å². The molecule has 2 aromatic rings. The largest absolute Gasteiger partial charge is 0.325 e. The SMILES string of the molecule is CNCCc1nc2ccc(F)cc2n1C1CC1. The summed E-state index contributed by atoms with van der Waals surface area (Å²) in [7, 11) is 1.93. The molecule has 4 heteroatoms. The summed E-state index contributed by atoms with van der Waals surface area (Å²) in [6.07, 6.45) is 3.27. The molecular formula is C13H16FN3. The maximum Gasteiger partial charge on any atom is 0.125 e. The molecule has 17 heavy (non-hydrogen) atoms. The quantitative estimate of drug-likeness (QED) is 0.878. The van der Waals surface area contributed by atoms with Gasteiger partial charge in [0.25, 0.3) is 0 Å². The maximum atomic E-state index is 13.3. The zero-order valence-electron chi connectivity index (χ0n) is 9.91. The van der Waals surface area contributed by atoms with Crippen molar-refractivity contribution in [3.63, 3.8) is 0 Å². The van der Waals surface area contributed by atoms with Crippen molar-refractivity contribution in [2.24, 2.45) is 0 Å². The van der Waals surface area contributed by atoms with Gasteiger partial charge in [-0.2, -0.15) is 0 Å². The lowest BCUT2D eigenvalue weighted by Gasteiger charge is -2.07. The Hall–Kier alpha value is -1.42. The number of aromatic nitrogens is 2. The zero-order valence-corrected chi connectivity index (χ0v) is 9.91. The van der Waals surface area contributed by atoms with E-state index in [1.807, 2.05) is 7.05 Å². The molecule has 0 aliphatic heterocycles. The van der Waals surface area contributed by atoms with E-state index in [0.29, 0.717) is 6.04 Å². The molecule has 1 fully saturated rings.